The number of fused-ring (bicyclic) bond motifs is 1. The molecule has 0 saturated heterocycles. The fourth-order valence-electron chi connectivity index (χ4n) is 1.97. The first-order valence-electron chi connectivity index (χ1n) is 5.43. The number of aromatic hydroxyl groups is 1. The largest absolute Gasteiger partial charge is 0.502 e. The van der Waals surface area contributed by atoms with Crippen LogP contribution < -0.4 is 9.47 Å². The fraction of sp³-hybridized carbons (Fsp3) is 0.286. The second kappa shape index (κ2) is 4.17. The van der Waals surface area contributed by atoms with Gasteiger partial charge in [0.15, 0.2) is 11.5 Å². The van der Waals surface area contributed by atoms with Crippen molar-refractivity contribution in [2.75, 3.05) is 14.2 Å². The Labute approximate surface area is 101 Å². The summed E-state index contributed by atoms with van der Waals surface area (Å²) in [5.74, 6) is 0.936. The minimum absolute atomic E-state index is 0.0470. The Hall–Kier alpha value is -1.90. The maximum Gasteiger partial charge on any atom is 0.201 e. The lowest BCUT2D eigenvalue weighted by molar-refractivity contribution is 0.343. The topological polar surface area (TPSA) is 38.7 Å². The summed E-state index contributed by atoms with van der Waals surface area (Å²) in [6, 6.07) is 5.90. The van der Waals surface area contributed by atoms with Gasteiger partial charge in [0, 0.05) is 5.39 Å². The van der Waals surface area contributed by atoms with Crippen LogP contribution in [0.5, 0.6) is 17.2 Å². The predicted octanol–water partition coefficient (Wildman–Crippen LogP) is 3.18. The molecular formula is C14H16O3. The van der Waals surface area contributed by atoms with Crippen LogP contribution >= 0.6 is 0 Å². The molecule has 0 aliphatic carbocycles. The van der Waals surface area contributed by atoms with Gasteiger partial charge in [0.2, 0.25) is 5.75 Å². The average molecular weight is 232 g/mol. The van der Waals surface area contributed by atoms with Gasteiger partial charge in [-0.15, -0.1) is 0 Å². The van der Waals surface area contributed by atoms with Crippen molar-refractivity contribution in [3.8, 4) is 17.2 Å². The van der Waals surface area contributed by atoms with Gasteiger partial charge in [0.1, 0.15) is 0 Å². The summed E-state index contributed by atoms with van der Waals surface area (Å²) >= 11 is 0. The van der Waals surface area contributed by atoms with Gasteiger partial charge < -0.3 is 14.6 Å². The molecule has 0 spiro atoms. The van der Waals surface area contributed by atoms with Crippen LogP contribution in [0.25, 0.3) is 10.8 Å². The first-order valence-corrected chi connectivity index (χ1v) is 5.43. The molecule has 0 amide bonds. The SMILES string of the molecule is COc1cc2cc(C)c(C)cc2c(OC)c1O. The van der Waals surface area contributed by atoms with Gasteiger partial charge in [-0.25, -0.2) is 0 Å². The number of methoxy groups -OCH3 is 2. The third kappa shape index (κ3) is 1.78. The van der Waals surface area contributed by atoms with Crippen LogP contribution in [0.2, 0.25) is 0 Å². The number of phenolic OH excluding ortho intramolecular Hbond substituents is 1. The lowest BCUT2D eigenvalue weighted by atomic mass is 10.0. The van der Waals surface area contributed by atoms with Crippen molar-refractivity contribution < 1.29 is 14.6 Å². The van der Waals surface area contributed by atoms with E-state index in [2.05, 4.69) is 13.0 Å². The minimum Gasteiger partial charge on any atom is -0.502 e. The van der Waals surface area contributed by atoms with Crippen molar-refractivity contribution in [1.82, 2.24) is 0 Å². The summed E-state index contributed by atoms with van der Waals surface area (Å²) < 4.78 is 10.4. The Bertz CT molecular complexity index is 573. The number of phenols is 1. The average Bonchev–Trinajstić information content (AvgIpc) is 2.31. The highest BCUT2D eigenvalue weighted by molar-refractivity contribution is 5.94. The van der Waals surface area contributed by atoms with Crippen LogP contribution in [0.4, 0.5) is 0 Å². The van der Waals surface area contributed by atoms with Crippen molar-refractivity contribution >= 4 is 10.8 Å². The molecule has 0 bridgehead atoms. The summed E-state index contributed by atoms with van der Waals surface area (Å²) in [7, 11) is 3.07. The van der Waals surface area contributed by atoms with Gasteiger partial charge in [-0.3, -0.25) is 0 Å². The number of rotatable bonds is 2. The molecule has 0 aliphatic heterocycles. The van der Waals surface area contributed by atoms with E-state index >= 15 is 0 Å². The van der Waals surface area contributed by atoms with E-state index < -0.39 is 0 Å². The highest BCUT2D eigenvalue weighted by Gasteiger charge is 2.14. The normalized spacial score (nSPS) is 10.6. The maximum absolute atomic E-state index is 10.00. The van der Waals surface area contributed by atoms with E-state index in [0.717, 1.165) is 10.8 Å². The molecule has 3 nitrogen and oxygen atoms in total. The zero-order chi connectivity index (χ0) is 12.6. The number of ether oxygens (including phenoxy) is 2. The summed E-state index contributed by atoms with van der Waals surface area (Å²) in [6.07, 6.45) is 0. The van der Waals surface area contributed by atoms with Crippen LogP contribution in [-0.4, -0.2) is 19.3 Å². The molecule has 0 atom stereocenters. The monoisotopic (exact) mass is 232 g/mol. The van der Waals surface area contributed by atoms with Crippen molar-refractivity contribution in [2.45, 2.75) is 13.8 Å². The highest BCUT2D eigenvalue weighted by atomic mass is 16.5. The lowest BCUT2D eigenvalue weighted by Crippen LogP contribution is -1.92. The second-order valence-corrected chi connectivity index (χ2v) is 4.12. The molecule has 0 fully saturated rings. The first-order chi connectivity index (χ1) is 8.08. The van der Waals surface area contributed by atoms with Gasteiger partial charge in [-0.05, 0) is 42.5 Å². The van der Waals surface area contributed by atoms with E-state index in [4.69, 9.17) is 9.47 Å². The molecule has 0 unspecified atom stereocenters. The van der Waals surface area contributed by atoms with E-state index in [9.17, 15) is 5.11 Å². The molecule has 1 N–H and O–H groups in total. The molecule has 0 heterocycles. The van der Waals surface area contributed by atoms with Gasteiger partial charge >= 0.3 is 0 Å². The maximum atomic E-state index is 10.00. The second-order valence-electron chi connectivity index (χ2n) is 4.12. The molecule has 90 valence electrons. The lowest BCUT2D eigenvalue weighted by Gasteiger charge is -2.13. The zero-order valence-electron chi connectivity index (χ0n) is 10.5. The minimum atomic E-state index is 0.0470. The van der Waals surface area contributed by atoms with Gasteiger partial charge in [-0.2, -0.15) is 0 Å². The fourth-order valence-corrected chi connectivity index (χ4v) is 1.97. The zero-order valence-corrected chi connectivity index (χ0v) is 10.5. The van der Waals surface area contributed by atoms with Gasteiger partial charge in [-0.1, -0.05) is 6.07 Å². The Morgan fingerprint density at radius 2 is 1.59 bits per heavy atom. The Morgan fingerprint density at radius 3 is 2.18 bits per heavy atom. The molecule has 17 heavy (non-hydrogen) atoms. The third-order valence-corrected chi connectivity index (χ3v) is 3.07. The van der Waals surface area contributed by atoms with Crippen molar-refractivity contribution in [1.29, 1.82) is 0 Å². The predicted molar refractivity (Wildman–Crippen MR) is 68.2 cm³/mol. The molecule has 2 aromatic rings. The van der Waals surface area contributed by atoms with E-state index in [1.54, 1.807) is 7.11 Å². The van der Waals surface area contributed by atoms with E-state index in [-0.39, 0.29) is 5.75 Å². The molecule has 0 aliphatic rings. The molecule has 0 saturated carbocycles. The van der Waals surface area contributed by atoms with Crippen LogP contribution in [-0.2, 0) is 0 Å². The number of benzene rings is 2. The standard InChI is InChI=1S/C14H16O3/c1-8-5-10-7-12(16-3)13(15)14(17-4)11(10)6-9(8)2/h5-7,15H,1-4H3. The van der Waals surface area contributed by atoms with Crippen LogP contribution in [0.3, 0.4) is 0 Å². The van der Waals surface area contributed by atoms with Crippen LogP contribution in [0.1, 0.15) is 11.1 Å². The van der Waals surface area contributed by atoms with Crippen LogP contribution in [0, 0.1) is 13.8 Å². The molecule has 3 heteroatoms. The van der Waals surface area contributed by atoms with Crippen molar-refractivity contribution in [3.63, 3.8) is 0 Å². The Morgan fingerprint density at radius 1 is 0.941 bits per heavy atom. The number of hydrogen-bond acceptors (Lipinski definition) is 3. The van der Waals surface area contributed by atoms with Crippen LogP contribution in [0.15, 0.2) is 18.2 Å². The highest BCUT2D eigenvalue weighted by Crippen LogP contribution is 2.43. The quantitative estimate of drug-likeness (QED) is 0.864. The third-order valence-electron chi connectivity index (χ3n) is 3.07. The molecular weight excluding hydrogens is 216 g/mol. The first kappa shape index (κ1) is 11.6. The molecule has 2 rings (SSSR count). The number of hydrogen-bond donors (Lipinski definition) is 1. The van der Waals surface area contributed by atoms with E-state index in [1.807, 2.05) is 19.1 Å². The van der Waals surface area contributed by atoms with E-state index in [0.29, 0.717) is 11.5 Å². The summed E-state index contributed by atoms with van der Waals surface area (Å²) in [5, 5.41) is 11.9. The number of aryl methyl sites for hydroxylation is 2. The summed E-state index contributed by atoms with van der Waals surface area (Å²) in [5.41, 5.74) is 2.37. The Kier molecular flexibility index (Phi) is 2.84. The summed E-state index contributed by atoms with van der Waals surface area (Å²) in [4.78, 5) is 0. The van der Waals surface area contributed by atoms with E-state index in [1.165, 1.54) is 18.2 Å². The van der Waals surface area contributed by atoms with Gasteiger partial charge in [0.05, 0.1) is 14.2 Å². The molecule has 0 radical (unpaired) electrons. The summed E-state index contributed by atoms with van der Waals surface area (Å²) in [6.45, 7) is 4.09. The molecule has 0 aromatic heterocycles. The van der Waals surface area contributed by atoms with Gasteiger partial charge in [0.25, 0.3) is 0 Å². The smallest absolute Gasteiger partial charge is 0.201 e. The molecule has 2 aromatic carbocycles. The van der Waals surface area contributed by atoms with Crippen molar-refractivity contribution in [2.24, 2.45) is 0 Å². The van der Waals surface area contributed by atoms with Crippen molar-refractivity contribution in [3.05, 3.63) is 29.3 Å². The Balaban J connectivity index is 2.88.